The summed E-state index contributed by atoms with van der Waals surface area (Å²) in [5.74, 6) is -2.03. The summed E-state index contributed by atoms with van der Waals surface area (Å²) in [5, 5.41) is 3.81. The molecule has 7 rings (SSSR count). The van der Waals surface area contributed by atoms with E-state index in [9.17, 15) is 14.4 Å². The molecule has 41 heavy (non-hydrogen) atoms. The minimum absolute atomic E-state index is 0.270. The Kier molecular flexibility index (Phi) is 5.93. The zero-order chi connectivity index (χ0) is 28.5. The Hall–Kier alpha value is -4.19. The van der Waals surface area contributed by atoms with Crippen LogP contribution in [0.2, 0.25) is 10.0 Å². The molecule has 0 bridgehead atoms. The van der Waals surface area contributed by atoms with Crippen molar-refractivity contribution in [3.63, 3.8) is 0 Å². The SMILES string of the molecule is Cc1ccc2c(c1)C=C[C@H]1N2[C@H](C(=O)c2ccc(Cl)cc2)[C@H](C(=O)c2ccccc2Cl)[C@]12C(=O)Nc1ccccc12. The van der Waals surface area contributed by atoms with E-state index in [4.69, 9.17) is 23.2 Å². The van der Waals surface area contributed by atoms with Gasteiger partial charge in [-0.25, -0.2) is 0 Å². The molecule has 4 aromatic rings. The van der Waals surface area contributed by atoms with Gasteiger partial charge in [-0.1, -0.05) is 77.3 Å². The van der Waals surface area contributed by atoms with E-state index in [1.165, 1.54) is 0 Å². The zero-order valence-electron chi connectivity index (χ0n) is 22.0. The van der Waals surface area contributed by atoms with Gasteiger partial charge in [0.25, 0.3) is 0 Å². The normalized spacial score (nSPS) is 23.6. The Bertz CT molecular complexity index is 1800. The number of hydrogen-bond donors (Lipinski definition) is 1. The quantitative estimate of drug-likeness (QED) is 0.261. The summed E-state index contributed by atoms with van der Waals surface area (Å²) in [4.78, 5) is 45.8. The lowest BCUT2D eigenvalue weighted by Gasteiger charge is -2.37. The molecule has 202 valence electrons. The van der Waals surface area contributed by atoms with Crippen LogP contribution < -0.4 is 10.2 Å². The number of anilines is 2. The highest BCUT2D eigenvalue weighted by Gasteiger charge is 2.70. The fourth-order valence-corrected chi connectivity index (χ4v) is 7.27. The Labute approximate surface area is 247 Å². The number of aryl methyl sites for hydroxylation is 1. The second kappa shape index (κ2) is 9.44. The first-order chi connectivity index (χ1) is 19.8. The van der Waals surface area contributed by atoms with E-state index >= 15 is 0 Å². The number of nitrogens with one attached hydrogen (secondary N) is 1. The number of benzene rings is 4. The zero-order valence-corrected chi connectivity index (χ0v) is 23.5. The molecule has 1 amide bonds. The molecule has 0 saturated carbocycles. The van der Waals surface area contributed by atoms with Crippen molar-refractivity contribution in [2.45, 2.75) is 24.4 Å². The van der Waals surface area contributed by atoms with Crippen molar-refractivity contribution in [2.75, 3.05) is 10.2 Å². The predicted octanol–water partition coefficient (Wildman–Crippen LogP) is 7.16. The number of amides is 1. The van der Waals surface area contributed by atoms with Gasteiger partial charge < -0.3 is 10.2 Å². The van der Waals surface area contributed by atoms with Gasteiger partial charge in [-0.05, 0) is 72.6 Å². The first-order valence-electron chi connectivity index (χ1n) is 13.4. The highest BCUT2D eigenvalue weighted by molar-refractivity contribution is 6.34. The van der Waals surface area contributed by atoms with Crippen LogP contribution in [0.25, 0.3) is 6.08 Å². The van der Waals surface area contributed by atoms with Gasteiger partial charge in [0, 0.05) is 27.5 Å². The minimum atomic E-state index is -1.39. The van der Waals surface area contributed by atoms with Crippen molar-refractivity contribution >= 4 is 58.1 Å². The van der Waals surface area contributed by atoms with Crippen LogP contribution in [0.5, 0.6) is 0 Å². The molecule has 0 unspecified atom stereocenters. The van der Waals surface area contributed by atoms with Crippen molar-refractivity contribution < 1.29 is 14.4 Å². The molecule has 7 heteroatoms. The largest absolute Gasteiger partial charge is 0.352 e. The van der Waals surface area contributed by atoms with E-state index in [-0.39, 0.29) is 28.1 Å². The lowest BCUT2D eigenvalue weighted by Crippen LogP contribution is -2.51. The highest BCUT2D eigenvalue weighted by Crippen LogP contribution is 2.58. The summed E-state index contributed by atoms with van der Waals surface area (Å²) in [5.41, 5.74) is 3.39. The summed E-state index contributed by atoms with van der Waals surface area (Å²) in [6.07, 6.45) is 3.96. The van der Waals surface area contributed by atoms with E-state index in [2.05, 4.69) is 5.32 Å². The fourth-order valence-electron chi connectivity index (χ4n) is 6.91. The average Bonchev–Trinajstić information content (AvgIpc) is 3.45. The Morgan fingerprint density at radius 2 is 1.61 bits per heavy atom. The van der Waals surface area contributed by atoms with Crippen LogP contribution in [0, 0.1) is 12.8 Å². The molecular weight excluding hydrogens is 555 g/mol. The van der Waals surface area contributed by atoms with E-state index in [0.717, 1.165) is 16.8 Å². The third-order valence-electron chi connectivity index (χ3n) is 8.61. The summed E-state index contributed by atoms with van der Waals surface area (Å²) >= 11 is 12.8. The molecule has 0 aromatic heterocycles. The van der Waals surface area contributed by atoms with Gasteiger partial charge in [0.2, 0.25) is 5.91 Å². The second-order valence-electron chi connectivity index (χ2n) is 10.8. The molecule has 4 atom stereocenters. The Morgan fingerprint density at radius 3 is 2.39 bits per heavy atom. The van der Waals surface area contributed by atoms with Gasteiger partial charge in [0.1, 0.15) is 11.5 Å². The number of carbonyl (C=O) groups is 3. The van der Waals surface area contributed by atoms with E-state index in [1.807, 2.05) is 66.4 Å². The second-order valence-corrected chi connectivity index (χ2v) is 11.6. The monoisotopic (exact) mass is 578 g/mol. The molecule has 3 aliphatic rings. The summed E-state index contributed by atoms with van der Waals surface area (Å²) in [7, 11) is 0. The maximum Gasteiger partial charge on any atom is 0.238 e. The number of para-hydroxylation sites is 1. The van der Waals surface area contributed by atoms with Crippen LogP contribution in [0.4, 0.5) is 11.4 Å². The molecule has 1 saturated heterocycles. The van der Waals surface area contributed by atoms with Crippen molar-refractivity contribution in [1.29, 1.82) is 0 Å². The number of rotatable bonds is 4. The molecule has 0 aliphatic carbocycles. The van der Waals surface area contributed by atoms with Crippen LogP contribution in [0.1, 0.15) is 37.4 Å². The van der Waals surface area contributed by atoms with Gasteiger partial charge in [-0.3, -0.25) is 14.4 Å². The third-order valence-corrected chi connectivity index (χ3v) is 9.19. The molecule has 1 N–H and O–H groups in total. The van der Waals surface area contributed by atoms with Crippen molar-refractivity contribution in [3.8, 4) is 0 Å². The maximum atomic E-state index is 14.8. The van der Waals surface area contributed by atoms with Crippen LogP contribution >= 0.6 is 23.2 Å². The van der Waals surface area contributed by atoms with Gasteiger partial charge in [0.05, 0.1) is 17.0 Å². The van der Waals surface area contributed by atoms with Gasteiger partial charge >= 0.3 is 0 Å². The predicted molar refractivity (Wildman–Crippen MR) is 162 cm³/mol. The Morgan fingerprint density at radius 1 is 0.878 bits per heavy atom. The first-order valence-corrected chi connectivity index (χ1v) is 14.1. The van der Waals surface area contributed by atoms with E-state index in [0.29, 0.717) is 21.8 Å². The lowest BCUT2D eigenvalue weighted by molar-refractivity contribution is -0.121. The number of halogens is 2. The minimum Gasteiger partial charge on any atom is -0.352 e. The van der Waals surface area contributed by atoms with Crippen molar-refractivity contribution in [2.24, 2.45) is 5.92 Å². The molecule has 1 spiro atoms. The average molecular weight is 579 g/mol. The number of hydrogen-bond acceptors (Lipinski definition) is 4. The van der Waals surface area contributed by atoms with Gasteiger partial charge in [0.15, 0.2) is 11.6 Å². The topological polar surface area (TPSA) is 66.5 Å². The lowest BCUT2D eigenvalue weighted by atomic mass is 9.64. The third kappa shape index (κ3) is 3.66. The highest BCUT2D eigenvalue weighted by atomic mass is 35.5. The number of fused-ring (bicyclic) bond motifs is 6. The molecule has 3 heterocycles. The molecule has 1 fully saturated rings. The fraction of sp³-hybridized carbons (Fsp3) is 0.147. The molecule has 3 aliphatic heterocycles. The van der Waals surface area contributed by atoms with Crippen LogP contribution in [0.3, 0.4) is 0 Å². The molecule has 5 nitrogen and oxygen atoms in total. The van der Waals surface area contributed by atoms with Crippen molar-refractivity contribution in [1.82, 2.24) is 0 Å². The van der Waals surface area contributed by atoms with E-state index < -0.39 is 23.4 Å². The summed E-state index contributed by atoms with van der Waals surface area (Å²) < 4.78 is 0. The van der Waals surface area contributed by atoms with Crippen LogP contribution in [-0.2, 0) is 10.2 Å². The smallest absolute Gasteiger partial charge is 0.238 e. The first kappa shape index (κ1) is 25.8. The molecular formula is C34H24Cl2N2O3. The summed E-state index contributed by atoms with van der Waals surface area (Å²) in [6, 6.07) is 25.3. The number of carbonyl (C=O) groups excluding carboxylic acids is 3. The van der Waals surface area contributed by atoms with Gasteiger partial charge in [-0.2, -0.15) is 0 Å². The van der Waals surface area contributed by atoms with Crippen LogP contribution in [-0.4, -0.2) is 29.6 Å². The van der Waals surface area contributed by atoms with E-state index in [1.54, 1.807) is 48.5 Å². The maximum absolute atomic E-state index is 14.8. The molecule has 0 radical (unpaired) electrons. The Balaban J connectivity index is 1.55. The number of nitrogens with zero attached hydrogens (tertiary/aromatic N) is 1. The molecule has 4 aromatic carbocycles. The number of Topliss-reactive ketones (excluding diaryl/α,β-unsaturated/α-hetero) is 2. The standard InChI is InChI=1S/C34H24Cl2N2O3/c1-19-10-16-27-21(18-19)13-17-28-34(24-7-3-5-9-26(24)37-33(34)41)29(32(40)23-6-2-4-8-25(23)36)30(38(27)28)31(39)20-11-14-22(35)15-12-20/h2-18,28-30H,1H3,(H,37,41)/t28-,29-,30+,34-/m1/s1. The number of ketones is 2. The summed E-state index contributed by atoms with van der Waals surface area (Å²) in [6.45, 7) is 2.01. The van der Waals surface area contributed by atoms with Gasteiger partial charge in [-0.15, -0.1) is 0 Å². The van der Waals surface area contributed by atoms with Crippen molar-refractivity contribution in [3.05, 3.63) is 135 Å². The van der Waals surface area contributed by atoms with Crippen LogP contribution in [0.15, 0.2) is 97.1 Å².